The zero-order valence-electron chi connectivity index (χ0n) is 16.6. The molecule has 1 unspecified atom stereocenters. The lowest BCUT2D eigenvalue weighted by molar-refractivity contribution is -0.148. The van der Waals surface area contributed by atoms with Crippen LogP contribution in [-0.2, 0) is 19.1 Å². The van der Waals surface area contributed by atoms with Gasteiger partial charge in [-0.15, -0.1) is 0 Å². The number of Topliss-reactive ketones (excluding diaryl/α,β-unsaturated/α-hetero) is 1. The Kier molecular flexibility index (Phi) is 6.29. The molecule has 0 spiro atoms. The number of aliphatic imine (C=N–C) groups is 1. The van der Waals surface area contributed by atoms with Crippen molar-refractivity contribution in [3.8, 4) is 5.75 Å². The summed E-state index contributed by atoms with van der Waals surface area (Å²) in [7, 11) is 0. The second-order valence-corrected chi connectivity index (χ2v) is 7.52. The average Bonchev–Trinajstić information content (AvgIpc) is 2.64. The maximum absolute atomic E-state index is 12.9. The van der Waals surface area contributed by atoms with E-state index in [0.29, 0.717) is 24.3 Å². The highest BCUT2D eigenvalue weighted by molar-refractivity contribution is 6.08. The molecule has 0 saturated heterocycles. The van der Waals surface area contributed by atoms with Crippen LogP contribution in [0.1, 0.15) is 51.5 Å². The number of rotatable bonds is 6. The first-order valence-electron chi connectivity index (χ1n) is 9.77. The van der Waals surface area contributed by atoms with Gasteiger partial charge in [0.2, 0.25) is 0 Å². The molecular weight excluding hydrogens is 358 g/mol. The Morgan fingerprint density at radius 2 is 1.93 bits per heavy atom. The van der Waals surface area contributed by atoms with Gasteiger partial charge in [-0.2, -0.15) is 0 Å². The quantitative estimate of drug-likeness (QED) is 0.598. The summed E-state index contributed by atoms with van der Waals surface area (Å²) in [6.45, 7) is 6.13. The number of allylic oxidation sites excluding steroid dienone is 2. The van der Waals surface area contributed by atoms with E-state index in [1.807, 2.05) is 20.8 Å². The van der Waals surface area contributed by atoms with Crippen LogP contribution in [0.2, 0.25) is 0 Å². The molecule has 1 aromatic carbocycles. The van der Waals surface area contributed by atoms with Crippen LogP contribution >= 0.6 is 0 Å². The number of ether oxygens (including phenoxy) is 2. The highest BCUT2D eigenvalue weighted by atomic mass is 16.6. The van der Waals surface area contributed by atoms with Crippen LogP contribution < -0.4 is 0 Å². The van der Waals surface area contributed by atoms with Gasteiger partial charge >= 0.3 is 5.97 Å². The number of esters is 1. The molecule has 0 fully saturated rings. The van der Waals surface area contributed by atoms with Gasteiger partial charge in [-0.3, -0.25) is 14.6 Å². The first-order valence-corrected chi connectivity index (χ1v) is 9.77. The summed E-state index contributed by atoms with van der Waals surface area (Å²) in [5.41, 5.74) is 2.85. The highest BCUT2D eigenvalue weighted by Crippen LogP contribution is 2.43. The monoisotopic (exact) mass is 385 g/mol. The second kappa shape index (κ2) is 8.69. The molecule has 0 saturated carbocycles. The third-order valence-corrected chi connectivity index (χ3v) is 5.12. The lowest BCUT2D eigenvalue weighted by Gasteiger charge is -2.34. The molecule has 6 nitrogen and oxygen atoms in total. The predicted molar refractivity (Wildman–Crippen MR) is 105 cm³/mol. The van der Waals surface area contributed by atoms with Crippen molar-refractivity contribution in [1.29, 1.82) is 0 Å². The summed E-state index contributed by atoms with van der Waals surface area (Å²) >= 11 is 0. The minimum absolute atomic E-state index is 0.0384. The summed E-state index contributed by atoms with van der Waals surface area (Å²) in [4.78, 5) is 30.3. The van der Waals surface area contributed by atoms with Gasteiger partial charge in [0.25, 0.3) is 0 Å². The van der Waals surface area contributed by atoms with Crippen LogP contribution in [0.4, 0.5) is 0 Å². The molecule has 3 rings (SSSR count). The Morgan fingerprint density at radius 1 is 1.21 bits per heavy atom. The zero-order chi connectivity index (χ0) is 20.3. The van der Waals surface area contributed by atoms with E-state index in [-0.39, 0.29) is 24.2 Å². The van der Waals surface area contributed by atoms with Crippen LogP contribution in [0.5, 0.6) is 5.75 Å². The average molecular weight is 385 g/mol. The number of hydrogen-bond donors (Lipinski definition) is 1. The van der Waals surface area contributed by atoms with Crippen molar-refractivity contribution in [3.63, 3.8) is 0 Å². The lowest BCUT2D eigenvalue weighted by atomic mass is 9.72. The fraction of sp³-hybridized carbons (Fsp3) is 0.500. The number of benzene rings is 1. The molecule has 0 radical (unpaired) electrons. The van der Waals surface area contributed by atoms with Gasteiger partial charge in [-0.1, -0.05) is 12.1 Å². The maximum Gasteiger partial charge on any atom is 0.315 e. The standard InChI is InChI=1S/C22H27NO5/c1-13(2)27-11-12-28-22(26)19-14(3)23-17-5-4-6-18(25)21(17)20(19)15-7-9-16(24)10-8-15/h7-10,13,19-20,24H,4-6,11-12H2,1-3H3/t19?,20-/m1/s1. The molecule has 1 aromatic rings. The van der Waals surface area contributed by atoms with Gasteiger partial charge in [0, 0.05) is 29.3 Å². The van der Waals surface area contributed by atoms with Crippen molar-refractivity contribution >= 4 is 17.5 Å². The van der Waals surface area contributed by atoms with E-state index in [4.69, 9.17) is 9.47 Å². The summed E-state index contributed by atoms with van der Waals surface area (Å²) in [6.07, 6.45) is 2.04. The summed E-state index contributed by atoms with van der Waals surface area (Å²) < 4.78 is 10.9. The fourth-order valence-corrected chi connectivity index (χ4v) is 3.87. The predicted octanol–water partition coefficient (Wildman–Crippen LogP) is 3.54. The Labute approximate surface area is 165 Å². The van der Waals surface area contributed by atoms with Crippen LogP contribution in [0.15, 0.2) is 40.5 Å². The van der Waals surface area contributed by atoms with Crippen LogP contribution in [0, 0.1) is 5.92 Å². The minimum atomic E-state index is -0.663. The molecule has 2 atom stereocenters. The fourth-order valence-electron chi connectivity index (χ4n) is 3.87. The van der Waals surface area contributed by atoms with Crippen molar-refractivity contribution in [2.75, 3.05) is 13.2 Å². The SMILES string of the molecule is CC1=NC2=C(C(=O)CCC2)[C@H](c2ccc(O)cc2)C1C(=O)OCCOC(C)C. The topological polar surface area (TPSA) is 85.2 Å². The molecule has 150 valence electrons. The molecule has 1 N–H and O–H groups in total. The van der Waals surface area contributed by atoms with Crippen molar-refractivity contribution in [2.24, 2.45) is 10.9 Å². The summed E-state index contributed by atoms with van der Waals surface area (Å²) in [6, 6.07) is 6.66. The number of ketones is 1. The van der Waals surface area contributed by atoms with Gasteiger partial charge < -0.3 is 14.6 Å². The van der Waals surface area contributed by atoms with Gasteiger partial charge in [0.1, 0.15) is 18.3 Å². The van der Waals surface area contributed by atoms with E-state index >= 15 is 0 Å². The zero-order valence-corrected chi connectivity index (χ0v) is 16.6. The normalized spacial score (nSPS) is 22.1. The molecule has 1 aliphatic carbocycles. The molecular formula is C22H27NO5. The van der Waals surface area contributed by atoms with E-state index in [0.717, 1.165) is 24.1 Å². The highest BCUT2D eigenvalue weighted by Gasteiger charge is 2.43. The number of carbonyl (C=O) groups excluding carboxylic acids is 2. The molecule has 6 heteroatoms. The Morgan fingerprint density at radius 3 is 2.61 bits per heavy atom. The van der Waals surface area contributed by atoms with Crippen molar-refractivity contribution in [1.82, 2.24) is 0 Å². The molecule has 0 bridgehead atoms. The van der Waals surface area contributed by atoms with Gasteiger partial charge in [-0.05, 0) is 51.3 Å². The Balaban J connectivity index is 1.91. The van der Waals surface area contributed by atoms with E-state index in [1.165, 1.54) is 0 Å². The molecule has 0 amide bonds. The molecule has 1 heterocycles. The largest absolute Gasteiger partial charge is 0.508 e. The van der Waals surface area contributed by atoms with E-state index in [9.17, 15) is 14.7 Å². The number of aromatic hydroxyl groups is 1. The lowest BCUT2D eigenvalue weighted by Crippen LogP contribution is -2.37. The van der Waals surface area contributed by atoms with E-state index in [2.05, 4.69) is 4.99 Å². The maximum atomic E-state index is 12.9. The number of carbonyl (C=O) groups is 2. The smallest absolute Gasteiger partial charge is 0.315 e. The van der Waals surface area contributed by atoms with Gasteiger partial charge in [0.05, 0.1) is 12.7 Å². The minimum Gasteiger partial charge on any atom is -0.508 e. The third kappa shape index (κ3) is 4.33. The summed E-state index contributed by atoms with van der Waals surface area (Å²) in [5, 5.41) is 9.65. The van der Waals surface area contributed by atoms with Crippen molar-refractivity contribution in [2.45, 2.75) is 52.1 Å². The van der Waals surface area contributed by atoms with Crippen LogP contribution in [0.3, 0.4) is 0 Å². The number of phenols is 1. The van der Waals surface area contributed by atoms with Crippen molar-refractivity contribution < 1.29 is 24.2 Å². The Hall–Kier alpha value is -2.47. The van der Waals surface area contributed by atoms with Gasteiger partial charge in [0.15, 0.2) is 5.78 Å². The van der Waals surface area contributed by atoms with E-state index in [1.54, 1.807) is 24.3 Å². The molecule has 2 aliphatic rings. The van der Waals surface area contributed by atoms with E-state index < -0.39 is 17.8 Å². The summed E-state index contributed by atoms with van der Waals surface area (Å²) in [5.74, 6) is -1.34. The number of nitrogens with zero attached hydrogens (tertiary/aromatic N) is 1. The third-order valence-electron chi connectivity index (χ3n) is 5.12. The molecule has 0 aromatic heterocycles. The first-order chi connectivity index (χ1) is 13.4. The van der Waals surface area contributed by atoms with Crippen molar-refractivity contribution in [3.05, 3.63) is 41.1 Å². The molecule has 28 heavy (non-hydrogen) atoms. The first kappa shape index (κ1) is 20.3. The van der Waals surface area contributed by atoms with Gasteiger partial charge in [-0.25, -0.2) is 0 Å². The number of phenolic OH excluding ortho intramolecular Hbond substituents is 1. The molecule has 1 aliphatic heterocycles. The van der Waals surface area contributed by atoms with Crippen LogP contribution in [0.25, 0.3) is 0 Å². The number of hydrogen-bond acceptors (Lipinski definition) is 6. The Bertz CT molecular complexity index is 807. The second-order valence-electron chi connectivity index (χ2n) is 7.52. The van der Waals surface area contributed by atoms with Crippen LogP contribution in [-0.4, -0.2) is 41.9 Å².